The lowest BCUT2D eigenvalue weighted by Gasteiger charge is -2.20. The lowest BCUT2D eigenvalue weighted by Crippen LogP contribution is -2.34. The zero-order chi connectivity index (χ0) is 16.2. The summed E-state index contributed by atoms with van der Waals surface area (Å²) < 4.78 is 9.89. The van der Waals surface area contributed by atoms with Crippen molar-refractivity contribution < 1.29 is 19.1 Å². The monoisotopic (exact) mass is 305 g/mol. The summed E-state index contributed by atoms with van der Waals surface area (Å²) in [4.78, 5) is 25.2. The van der Waals surface area contributed by atoms with Gasteiger partial charge in [0.15, 0.2) is 0 Å². The van der Waals surface area contributed by atoms with Gasteiger partial charge in [0.1, 0.15) is 0 Å². The molecule has 22 heavy (non-hydrogen) atoms. The minimum Gasteiger partial charge on any atom is -0.466 e. The van der Waals surface area contributed by atoms with Crippen LogP contribution in [0.15, 0.2) is 36.4 Å². The van der Waals surface area contributed by atoms with Crippen molar-refractivity contribution in [2.75, 3.05) is 33.4 Å². The molecular formula is C17H23NO4. The Balaban J connectivity index is 2.59. The summed E-state index contributed by atoms with van der Waals surface area (Å²) in [5.74, 6) is -0.449. The predicted octanol–water partition coefficient (Wildman–Crippen LogP) is 2.13. The predicted molar refractivity (Wildman–Crippen MR) is 85.2 cm³/mol. The molecule has 0 radical (unpaired) electrons. The maximum atomic E-state index is 12.2. The molecule has 0 aliphatic rings. The van der Waals surface area contributed by atoms with Crippen molar-refractivity contribution in [1.29, 1.82) is 0 Å². The molecule has 0 atom stereocenters. The highest BCUT2D eigenvalue weighted by Crippen LogP contribution is 2.03. The van der Waals surface area contributed by atoms with Crippen LogP contribution in [0.3, 0.4) is 0 Å². The molecule has 0 heterocycles. The summed E-state index contributed by atoms with van der Waals surface area (Å²) >= 11 is 0. The first-order chi connectivity index (χ1) is 10.7. The molecule has 0 bridgehead atoms. The highest BCUT2D eigenvalue weighted by atomic mass is 16.5. The van der Waals surface area contributed by atoms with Gasteiger partial charge in [0, 0.05) is 26.3 Å². The largest absolute Gasteiger partial charge is 0.466 e. The van der Waals surface area contributed by atoms with Gasteiger partial charge in [-0.3, -0.25) is 9.59 Å². The first kappa shape index (κ1) is 17.9. The summed E-state index contributed by atoms with van der Waals surface area (Å²) in [7, 11) is 1.58. The molecule has 1 aromatic carbocycles. The first-order valence-electron chi connectivity index (χ1n) is 7.34. The highest BCUT2D eigenvalue weighted by Gasteiger charge is 2.13. The topological polar surface area (TPSA) is 55.8 Å². The van der Waals surface area contributed by atoms with E-state index in [-0.39, 0.29) is 18.3 Å². The Labute approximate surface area is 131 Å². The Hall–Kier alpha value is -2.14. The zero-order valence-corrected chi connectivity index (χ0v) is 13.2. The van der Waals surface area contributed by atoms with Crippen LogP contribution in [0.1, 0.15) is 18.9 Å². The number of carbonyl (C=O) groups excluding carboxylic acids is 2. The van der Waals surface area contributed by atoms with Crippen molar-refractivity contribution in [3.63, 3.8) is 0 Å². The second-order valence-electron chi connectivity index (χ2n) is 4.62. The Morgan fingerprint density at radius 3 is 2.55 bits per heavy atom. The fraction of sp³-hybridized carbons (Fsp3) is 0.412. The molecule has 5 nitrogen and oxygen atoms in total. The molecule has 0 aliphatic carbocycles. The number of nitrogens with zero attached hydrogens (tertiary/aromatic N) is 1. The van der Waals surface area contributed by atoms with Crippen LogP contribution in [0.4, 0.5) is 0 Å². The third kappa shape index (κ3) is 7.04. The van der Waals surface area contributed by atoms with Gasteiger partial charge in [-0.2, -0.15) is 0 Å². The normalized spacial score (nSPS) is 10.6. The minimum absolute atomic E-state index is 0.148. The molecule has 0 unspecified atom stereocenters. The van der Waals surface area contributed by atoms with Crippen molar-refractivity contribution >= 4 is 18.0 Å². The number of esters is 1. The molecule has 1 rings (SSSR count). The Bertz CT molecular complexity index is 485. The molecule has 0 aromatic heterocycles. The van der Waals surface area contributed by atoms with E-state index in [0.717, 1.165) is 5.56 Å². The Morgan fingerprint density at radius 1 is 1.18 bits per heavy atom. The molecule has 0 spiro atoms. The second kappa shape index (κ2) is 10.6. The van der Waals surface area contributed by atoms with E-state index >= 15 is 0 Å². The number of amides is 1. The lowest BCUT2D eigenvalue weighted by molar-refractivity contribution is -0.143. The summed E-state index contributed by atoms with van der Waals surface area (Å²) in [6, 6.07) is 9.58. The highest BCUT2D eigenvalue weighted by molar-refractivity contribution is 5.92. The van der Waals surface area contributed by atoms with Gasteiger partial charge in [0.2, 0.25) is 5.91 Å². The summed E-state index contributed by atoms with van der Waals surface area (Å²) in [6.07, 6.45) is 3.45. The van der Waals surface area contributed by atoms with Crippen LogP contribution >= 0.6 is 0 Å². The van der Waals surface area contributed by atoms with Crippen molar-refractivity contribution in [2.24, 2.45) is 0 Å². The average Bonchev–Trinajstić information content (AvgIpc) is 2.54. The standard InChI is InChI=1S/C17H23NO4/c1-3-22-17(20)11-12-18(13-14-21-2)16(19)10-9-15-7-5-4-6-8-15/h4-10H,3,11-14H2,1-2H3/b10-9+. The number of ether oxygens (including phenoxy) is 2. The van der Waals surface area contributed by atoms with Gasteiger partial charge in [-0.15, -0.1) is 0 Å². The van der Waals surface area contributed by atoms with E-state index in [1.807, 2.05) is 30.3 Å². The molecular weight excluding hydrogens is 282 g/mol. The molecule has 1 amide bonds. The van der Waals surface area contributed by atoms with Crippen molar-refractivity contribution in [1.82, 2.24) is 4.90 Å². The van der Waals surface area contributed by atoms with Crippen LogP contribution in [0.25, 0.3) is 6.08 Å². The molecule has 0 N–H and O–H groups in total. The van der Waals surface area contributed by atoms with Gasteiger partial charge < -0.3 is 14.4 Å². The van der Waals surface area contributed by atoms with Crippen LogP contribution in [0.2, 0.25) is 0 Å². The van der Waals surface area contributed by atoms with E-state index in [4.69, 9.17) is 9.47 Å². The van der Waals surface area contributed by atoms with E-state index in [1.54, 1.807) is 25.0 Å². The fourth-order valence-electron chi connectivity index (χ4n) is 1.83. The van der Waals surface area contributed by atoms with Crippen molar-refractivity contribution in [2.45, 2.75) is 13.3 Å². The van der Waals surface area contributed by atoms with Gasteiger partial charge in [-0.05, 0) is 18.6 Å². The average molecular weight is 305 g/mol. The fourth-order valence-corrected chi connectivity index (χ4v) is 1.83. The second-order valence-corrected chi connectivity index (χ2v) is 4.62. The smallest absolute Gasteiger partial charge is 0.307 e. The lowest BCUT2D eigenvalue weighted by atomic mass is 10.2. The van der Waals surface area contributed by atoms with E-state index in [1.165, 1.54) is 6.08 Å². The Kier molecular flexibility index (Phi) is 8.60. The summed E-state index contributed by atoms with van der Waals surface area (Å²) in [5.41, 5.74) is 0.952. The van der Waals surface area contributed by atoms with Crippen molar-refractivity contribution in [3.05, 3.63) is 42.0 Å². The van der Waals surface area contributed by atoms with Crippen LogP contribution < -0.4 is 0 Å². The minimum atomic E-state index is -0.301. The first-order valence-corrected chi connectivity index (χ1v) is 7.34. The number of methoxy groups -OCH3 is 1. The molecule has 5 heteroatoms. The maximum absolute atomic E-state index is 12.2. The quantitative estimate of drug-likeness (QED) is 0.518. The zero-order valence-electron chi connectivity index (χ0n) is 13.2. The van der Waals surface area contributed by atoms with Gasteiger partial charge in [-0.25, -0.2) is 0 Å². The number of benzene rings is 1. The van der Waals surface area contributed by atoms with Gasteiger partial charge in [-0.1, -0.05) is 30.3 Å². The number of hydrogen-bond acceptors (Lipinski definition) is 4. The van der Waals surface area contributed by atoms with Gasteiger partial charge in [0.05, 0.1) is 19.6 Å². The van der Waals surface area contributed by atoms with Gasteiger partial charge in [0.25, 0.3) is 0 Å². The van der Waals surface area contributed by atoms with Crippen LogP contribution in [-0.4, -0.2) is 50.2 Å². The number of carbonyl (C=O) groups is 2. The van der Waals surface area contributed by atoms with E-state index < -0.39 is 0 Å². The Morgan fingerprint density at radius 2 is 1.91 bits per heavy atom. The molecule has 0 aliphatic heterocycles. The maximum Gasteiger partial charge on any atom is 0.307 e. The van der Waals surface area contributed by atoms with E-state index in [9.17, 15) is 9.59 Å². The third-order valence-corrected chi connectivity index (χ3v) is 2.99. The van der Waals surface area contributed by atoms with E-state index in [2.05, 4.69) is 0 Å². The third-order valence-electron chi connectivity index (χ3n) is 2.99. The van der Waals surface area contributed by atoms with Crippen LogP contribution in [0.5, 0.6) is 0 Å². The number of hydrogen-bond donors (Lipinski definition) is 0. The SMILES string of the molecule is CCOC(=O)CCN(CCOC)C(=O)/C=C/c1ccccc1. The molecule has 120 valence electrons. The van der Waals surface area contributed by atoms with Gasteiger partial charge >= 0.3 is 5.97 Å². The summed E-state index contributed by atoms with van der Waals surface area (Å²) in [6.45, 7) is 3.29. The molecule has 0 saturated carbocycles. The van der Waals surface area contributed by atoms with Crippen LogP contribution in [-0.2, 0) is 19.1 Å². The van der Waals surface area contributed by atoms with E-state index in [0.29, 0.717) is 26.3 Å². The summed E-state index contributed by atoms with van der Waals surface area (Å²) in [5, 5.41) is 0. The molecule has 1 aromatic rings. The van der Waals surface area contributed by atoms with Crippen LogP contribution in [0, 0.1) is 0 Å². The molecule has 0 fully saturated rings. The van der Waals surface area contributed by atoms with Crippen molar-refractivity contribution in [3.8, 4) is 0 Å². The molecule has 0 saturated heterocycles. The number of rotatable bonds is 9.